The summed E-state index contributed by atoms with van der Waals surface area (Å²) in [5, 5.41) is 10.4. The van der Waals surface area contributed by atoms with Crippen molar-refractivity contribution in [2.45, 2.75) is 31.6 Å². The van der Waals surface area contributed by atoms with Crippen molar-refractivity contribution >= 4 is 39.2 Å². The number of nitrogens with zero attached hydrogens (tertiary/aromatic N) is 2. The molecule has 2 aliphatic heterocycles. The van der Waals surface area contributed by atoms with Crippen LogP contribution in [-0.4, -0.2) is 21.6 Å². The number of halogens is 1. The van der Waals surface area contributed by atoms with E-state index in [2.05, 4.69) is 51.6 Å². The average molecular weight is 451 g/mol. The van der Waals surface area contributed by atoms with Crippen LogP contribution in [0.5, 0.6) is 0 Å². The van der Waals surface area contributed by atoms with E-state index in [0.717, 1.165) is 32.5 Å². The molecule has 5 rings (SSSR count). The van der Waals surface area contributed by atoms with Crippen LogP contribution in [0.3, 0.4) is 0 Å². The second kappa shape index (κ2) is 6.29. The molecule has 2 aromatic carbocycles. The van der Waals surface area contributed by atoms with E-state index in [1.165, 1.54) is 0 Å². The number of hydrogen-bond donors (Lipinski definition) is 2. The molecule has 2 amide bonds. The Labute approximate surface area is 176 Å². The maximum absolute atomic E-state index is 13.3. The quantitative estimate of drug-likeness (QED) is 0.609. The molecule has 1 atom stereocenters. The molecule has 7 heteroatoms. The maximum Gasteiger partial charge on any atom is 0.240 e. The normalized spacial score (nSPS) is 19.9. The summed E-state index contributed by atoms with van der Waals surface area (Å²) in [4.78, 5) is 26.0. The standard InChI is InChI=1S/C22H19BrN4O2/c1-12(2)13-3-8-18-16(9-13)22(21(29)25-18)10-19(28)26-20-17(22)11-24-27(20)15-6-4-14(23)5-7-15/h3-9,11-12H,10H2,1-2H3,(H,25,29)(H,26,28). The van der Waals surface area contributed by atoms with Crippen molar-refractivity contribution in [1.82, 2.24) is 9.78 Å². The van der Waals surface area contributed by atoms with Crippen molar-refractivity contribution in [3.63, 3.8) is 0 Å². The second-order valence-corrected chi connectivity index (χ2v) is 8.75. The number of aromatic nitrogens is 2. The van der Waals surface area contributed by atoms with E-state index in [9.17, 15) is 9.59 Å². The smallest absolute Gasteiger partial charge is 0.240 e. The van der Waals surface area contributed by atoms with Crippen LogP contribution in [0.4, 0.5) is 11.5 Å². The number of rotatable bonds is 2. The molecule has 29 heavy (non-hydrogen) atoms. The van der Waals surface area contributed by atoms with Crippen LogP contribution in [-0.2, 0) is 15.0 Å². The van der Waals surface area contributed by atoms with Crippen molar-refractivity contribution < 1.29 is 9.59 Å². The third-order valence-electron chi connectivity index (χ3n) is 5.79. The highest BCUT2D eigenvalue weighted by molar-refractivity contribution is 9.10. The predicted octanol–water partition coefficient (Wildman–Crippen LogP) is 4.34. The molecule has 0 bridgehead atoms. The first-order valence-electron chi connectivity index (χ1n) is 9.50. The minimum Gasteiger partial charge on any atom is -0.325 e. The minimum absolute atomic E-state index is 0.0619. The van der Waals surface area contributed by atoms with Crippen LogP contribution in [0.2, 0.25) is 0 Å². The molecule has 0 aliphatic carbocycles. The lowest BCUT2D eigenvalue weighted by atomic mass is 9.71. The van der Waals surface area contributed by atoms with Gasteiger partial charge in [0, 0.05) is 22.1 Å². The highest BCUT2D eigenvalue weighted by Gasteiger charge is 2.54. The highest BCUT2D eigenvalue weighted by Crippen LogP contribution is 2.50. The van der Waals surface area contributed by atoms with Crippen LogP contribution in [0, 0.1) is 0 Å². The summed E-state index contributed by atoms with van der Waals surface area (Å²) >= 11 is 3.43. The summed E-state index contributed by atoms with van der Waals surface area (Å²) < 4.78 is 2.63. The molecule has 1 aromatic heterocycles. The number of anilines is 2. The number of fused-ring (bicyclic) bond motifs is 4. The van der Waals surface area contributed by atoms with Gasteiger partial charge in [-0.2, -0.15) is 5.10 Å². The third kappa shape index (κ3) is 2.57. The number of hydrogen-bond acceptors (Lipinski definition) is 3. The van der Waals surface area contributed by atoms with Crippen LogP contribution >= 0.6 is 15.9 Å². The number of amides is 2. The molecule has 1 spiro atoms. The molecule has 146 valence electrons. The van der Waals surface area contributed by atoms with Gasteiger partial charge in [0.25, 0.3) is 0 Å². The minimum atomic E-state index is -1.06. The topological polar surface area (TPSA) is 76.0 Å². The van der Waals surface area contributed by atoms with Gasteiger partial charge in [0.1, 0.15) is 11.2 Å². The average Bonchev–Trinajstić information content (AvgIpc) is 3.22. The first-order valence-corrected chi connectivity index (χ1v) is 10.3. The first kappa shape index (κ1) is 18.1. The van der Waals surface area contributed by atoms with Gasteiger partial charge in [0.15, 0.2) is 0 Å². The zero-order chi connectivity index (χ0) is 20.3. The number of benzene rings is 2. The lowest BCUT2D eigenvalue weighted by Gasteiger charge is -2.32. The van der Waals surface area contributed by atoms with Crippen LogP contribution in [0.15, 0.2) is 53.1 Å². The van der Waals surface area contributed by atoms with Gasteiger partial charge in [-0.3, -0.25) is 9.59 Å². The van der Waals surface area contributed by atoms with Gasteiger partial charge < -0.3 is 10.6 Å². The summed E-state index contributed by atoms with van der Waals surface area (Å²) in [6.07, 6.45) is 1.76. The SMILES string of the molecule is CC(C)c1ccc2c(c1)C1(CC(=O)Nc3c1cnn3-c1ccc(Br)cc1)C(=O)N2. The van der Waals surface area contributed by atoms with E-state index in [-0.39, 0.29) is 18.2 Å². The van der Waals surface area contributed by atoms with Crippen molar-refractivity contribution in [2.75, 3.05) is 10.6 Å². The fourth-order valence-electron chi connectivity index (χ4n) is 4.25. The van der Waals surface area contributed by atoms with Crippen LogP contribution in [0.1, 0.15) is 42.9 Å². The van der Waals surface area contributed by atoms with Crippen molar-refractivity contribution in [3.05, 3.63) is 69.8 Å². The van der Waals surface area contributed by atoms with Gasteiger partial charge in [-0.1, -0.05) is 41.9 Å². The number of carbonyl (C=O) groups is 2. The fraction of sp³-hybridized carbons (Fsp3) is 0.227. The van der Waals surface area contributed by atoms with E-state index < -0.39 is 5.41 Å². The lowest BCUT2D eigenvalue weighted by molar-refractivity contribution is -0.125. The van der Waals surface area contributed by atoms with E-state index in [1.54, 1.807) is 10.9 Å². The van der Waals surface area contributed by atoms with E-state index in [1.807, 2.05) is 36.4 Å². The molecule has 3 heterocycles. The van der Waals surface area contributed by atoms with Gasteiger partial charge in [-0.05, 0) is 47.4 Å². The summed E-state index contributed by atoms with van der Waals surface area (Å²) in [6, 6.07) is 13.7. The summed E-state index contributed by atoms with van der Waals surface area (Å²) in [5.74, 6) is 0.478. The Morgan fingerprint density at radius 3 is 2.55 bits per heavy atom. The Hall–Kier alpha value is -2.93. The third-order valence-corrected chi connectivity index (χ3v) is 6.32. The molecular weight excluding hydrogens is 432 g/mol. The summed E-state index contributed by atoms with van der Waals surface area (Å²) in [7, 11) is 0. The van der Waals surface area contributed by atoms with Crippen molar-refractivity contribution in [1.29, 1.82) is 0 Å². The van der Waals surface area contributed by atoms with Crippen LogP contribution in [0.25, 0.3) is 5.69 Å². The molecule has 2 aliphatic rings. The molecule has 1 unspecified atom stereocenters. The molecule has 6 nitrogen and oxygen atoms in total. The van der Waals surface area contributed by atoms with Gasteiger partial charge in [0.05, 0.1) is 11.9 Å². The van der Waals surface area contributed by atoms with Gasteiger partial charge in [-0.15, -0.1) is 0 Å². The number of nitrogens with one attached hydrogen (secondary N) is 2. The number of carbonyl (C=O) groups excluding carboxylic acids is 2. The first-order chi connectivity index (χ1) is 13.9. The van der Waals surface area contributed by atoms with Crippen molar-refractivity contribution in [2.24, 2.45) is 0 Å². The highest BCUT2D eigenvalue weighted by atomic mass is 79.9. The molecular formula is C22H19BrN4O2. The molecule has 0 saturated carbocycles. The van der Waals surface area contributed by atoms with E-state index in [0.29, 0.717) is 11.7 Å². The Balaban J connectivity index is 1.74. The van der Waals surface area contributed by atoms with Crippen molar-refractivity contribution in [3.8, 4) is 5.69 Å². The molecule has 3 aromatic rings. The Morgan fingerprint density at radius 1 is 1.07 bits per heavy atom. The molecule has 2 N–H and O–H groups in total. The van der Waals surface area contributed by atoms with E-state index in [4.69, 9.17) is 0 Å². The van der Waals surface area contributed by atoms with Gasteiger partial charge >= 0.3 is 0 Å². The predicted molar refractivity (Wildman–Crippen MR) is 114 cm³/mol. The monoisotopic (exact) mass is 450 g/mol. The lowest BCUT2D eigenvalue weighted by Crippen LogP contribution is -2.43. The zero-order valence-electron chi connectivity index (χ0n) is 16.0. The van der Waals surface area contributed by atoms with Crippen LogP contribution < -0.4 is 10.6 Å². The Kier molecular flexibility index (Phi) is 3.93. The molecule has 0 saturated heterocycles. The largest absolute Gasteiger partial charge is 0.325 e. The maximum atomic E-state index is 13.3. The second-order valence-electron chi connectivity index (χ2n) is 7.84. The van der Waals surface area contributed by atoms with Gasteiger partial charge in [-0.25, -0.2) is 4.68 Å². The summed E-state index contributed by atoms with van der Waals surface area (Å²) in [5.41, 5.74) is 3.20. The zero-order valence-corrected chi connectivity index (χ0v) is 17.6. The molecule has 0 radical (unpaired) electrons. The fourth-order valence-corrected chi connectivity index (χ4v) is 4.51. The Bertz CT molecular complexity index is 1170. The summed E-state index contributed by atoms with van der Waals surface area (Å²) in [6.45, 7) is 4.23. The van der Waals surface area contributed by atoms with Gasteiger partial charge in [0.2, 0.25) is 11.8 Å². The van der Waals surface area contributed by atoms with E-state index >= 15 is 0 Å². The molecule has 0 fully saturated rings. The Morgan fingerprint density at radius 2 is 1.83 bits per heavy atom.